The summed E-state index contributed by atoms with van der Waals surface area (Å²) in [6.45, 7) is 1.77. The zero-order chi connectivity index (χ0) is 23.2. The topological polar surface area (TPSA) is 43.6 Å². The minimum Gasteiger partial charge on any atom is -0.311 e. The van der Waals surface area contributed by atoms with Gasteiger partial charge in [0.1, 0.15) is 11.2 Å². The van der Waals surface area contributed by atoms with Gasteiger partial charge in [0, 0.05) is 30.8 Å². The monoisotopic (exact) mass is 470 g/mol. The highest BCUT2D eigenvalue weighted by Crippen LogP contribution is 2.44. The van der Waals surface area contributed by atoms with Crippen LogP contribution in [-0.2, 0) is 24.9 Å². The molecule has 0 amide bonds. The summed E-state index contributed by atoms with van der Waals surface area (Å²) in [5.41, 5.74) is -2.37. The summed E-state index contributed by atoms with van der Waals surface area (Å²) in [7, 11) is 1.43. The van der Waals surface area contributed by atoms with Crippen LogP contribution in [-0.4, -0.2) is 31.4 Å². The molecule has 0 fully saturated rings. The lowest BCUT2D eigenvalue weighted by Crippen LogP contribution is -2.33. The largest absolute Gasteiger partial charge is 0.458 e. The SMILES string of the molecule is CCSCc1cc(C(F)(F)C(F)(F)F)cnc1-c1nc2cc(C(F)(F)F)cnc2n1C. The molecule has 3 aromatic heterocycles. The molecule has 0 bridgehead atoms. The maximum absolute atomic E-state index is 13.8. The fraction of sp³-hybridized carbons (Fsp3) is 0.389. The molecule has 0 aliphatic heterocycles. The van der Waals surface area contributed by atoms with E-state index < -0.39 is 29.4 Å². The second kappa shape index (κ2) is 7.92. The van der Waals surface area contributed by atoms with Gasteiger partial charge in [0.2, 0.25) is 0 Å². The summed E-state index contributed by atoms with van der Waals surface area (Å²) < 4.78 is 106. The molecular weight excluding hydrogens is 456 g/mol. The van der Waals surface area contributed by atoms with Crippen LogP contribution >= 0.6 is 11.8 Å². The van der Waals surface area contributed by atoms with E-state index in [2.05, 4.69) is 15.0 Å². The van der Waals surface area contributed by atoms with E-state index in [4.69, 9.17) is 0 Å². The first-order valence-corrected chi connectivity index (χ1v) is 9.84. The molecule has 0 aliphatic rings. The molecule has 3 rings (SSSR count). The Morgan fingerprint density at radius 1 is 0.935 bits per heavy atom. The average molecular weight is 470 g/mol. The van der Waals surface area contributed by atoms with Crippen LogP contribution in [0.25, 0.3) is 22.7 Å². The van der Waals surface area contributed by atoms with Gasteiger partial charge in [-0.15, -0.1) is 0 Å². The molecule has 0 spiro atoms. The number of aromatic nitrogens is 4. The molecule has 0 saturated heterocycles. The second-order valence-corrected chi connectivity index (χ2v) is 7.77. The number of nitrogens with zero attached hydrogens (tertiary/aromatic N) is 4. The van der Waals surface area contributed by atoms with E-state index in [1.807, 2.05) is 0 Å². The predicted molar refractivity (Wildman–Crippen MR) is 98.5 cm³/mol. The van der Waals surface area contributed by atoms with Gasteiger partial charge in [-0.2, -0.15) is 46.9 Å². The van der Waals surface area contributed by atoms with Crippen molar-refractivity contribution in [2.45, 2.75) is 31.0 Å². The van der Waals surface area contributed by atoms with Crippen LogP contribution in [0.2, 0.25) is 0 Å². The van der Waals surface area contributed by atoms with Gasteiger partial charge in [-0.3, -0.25) is 4.98 Å². The van der Waals surface area contributed by atoms with E-state index in [9.17, 15) is 35.1 Å². The summed E-state index contributed by atoms with van der Waals surface area (Å²) in [5, 5.41) is 0. The summed E-state index contributed by atoms with van der Waals surface area (Å²) >= 11 is 1.25. The lowest BCUT2D eigenvalue weighted by atomic mass is 10.1. The van der Waals surface area contributed by atoms with Gasteiger partial charge in [-0.25, -0.2) is 9.97 Å². The Balaban J connectivity index is 2.17. The molecule has 0 aliphatic carbocycles. The molecule has 0 radical (unpaired) electrons. The standard InChI is InChI=1S/C18H14F8N4S/c1-3-31-8-9-4-10(16(19,20)18(24,25)26)6-27-13(9)15-29-12-5-11(17(21,22)23)7-28-14(12)30(15)2/h4-7H,3,8H2,1-2H3. The van der Waals surface area contributed by atoms with Crippen molar-refractivity contribution in [3.8, 4) is 11.5 Å². The predicted octanol–water partition coefficient (Wildman–Crippen LogP) is 5.96. The summed E-state index contributed by atoms with van der Waals surface area (Å²) in [4.78, 5) is 11.6. The van der Waals surface area contributed by atoms with Gasteiger partial charge in [0.15, 0.2) is 11.5 Å². The van der Waals surface area contributed by atoms with E-state index in [-0.39, 0.29) is 34.0 Å². The molecule has 0 N–H and O–H groups in total. The fourth-order valence-electron chi connectivity index (χ4n) is 2.81. The summed E-state index contributed by atoms with van der Waals surface area (Å²) in [6.07, 6.45) is -9.43. The molecular formula is C18H14F8N4S. The van der Waals surface area contributed by atoms with E-state index in [1.165, 1.54) is 23.4 Å². The van der Waals surface area contributed by atoms with Crippen molar-refractivity contribution < 1.29 is 35.1 Å². The van der Waals surface area contributed by atoms with E-state index >= 15 is 0 Å². The summed E-state index contributed by atoms with van der Waals surface area (Å²) in [6, 6.07) is 1.48. The van der Waals surface area contributed by atoms with Crippen LogP contribution in [0.15, 0.2) is 24.5 Å². The highest BCUT2D eigenvalue weighted by atomic mass is 32.2. The van der Waals surface area contributed by atoms with Crippen molar-refractivity contribution in [2.75, 3.05) is 5.75 Å². The lowest BCUT2D eigenvalue weighted by Gasteiger charge is -2.21. The summed E-state index contributed by atoms with van der Waals surface area (Å²) in [5.74, 6) is -4.53. The Hall–Kier alpha value is -2.44. The molecule has 0 saturated carbocycles. The Labute approximate surface area is 174 Å². The average Bonchev–Trinajstić information content (AvgIpc) is 3.00. The number of fused-ring (bicyclic) bond motifs is 1. The maximum atomic E-state index is 13.8. The van der Waals surface area contributed by atoms with Crippen molar-refractivity contribution in [1.82, 2.24) is 19.5 Å². The first-order valence-electron chi connectivity index (χ1n) is 8.69. The van der Waals surface area contributed by atoms with Crippen molar-refractivity contribution >= 4 is 22.9 Å². The lowest BCUT2D eigenvalue weighted by molar-refractivity contribution is -0.289. The maximum Gasteiger partial charge on any atom is 0.458 e. The highest BCUT2D eigenvalue weighted by molar-refractivity contribution is 7.98. The van der Waals surface area contributed by atoms with E-state index in [0.717, 1.165) is 6.07 Å². The Bertz CT molecular complexity index is 1100. The van der Waals surface area contributed by atoms with Crippen LogP contribution in [0.4, 0.5) is 35.1 Å². The van der Waals surface area contributed by atoms with Crippen LogP contribution in [0.3, 0.4) is 0 Å². The quantitative estimate of drug-likeness (QED) is 0.432. The number of thioether (sulfide) groups is 1. The molecule has 31 heavy (non-hydrogen) atoms. The second-order valence-electron chi connectivity index (χ2n) is 6.50. The molecule has 3 aromatic rings. The number of pyridine rings is 2. The molecule has 0 aromatic carbocycles. The van der Waals surface area contributed by atoms with Gasteiger partial charge in [0.25, 0.3) is 0 Å². The first kappa shape index (κ1) is 23.2. The van der Waals surface area contributed by atoms with Crippen LogP contribution in [0, 0.1) is 0 Å². The normalized spacial score (nSPS) is 13.2. The van der Waals surface area contributed by atoms with Gasteiger partial charge in [0.05, 0.1) is 5.56 Å². The van der Waals surface area contributed by atoms with Crippen LogP contribution in [0.1, 0.15) is 23.6 Å². The van der Waals surface area contributed by atoms with Gasteiger partial charge >= 0.3 is 18.3 Å². The zero-order valence-electron chi connectivity index (χ0n) is 15.9. The number of imidazole rings is 1. The van der Waals surface area contributed by atoms with Crippen molar-refractivity contribution in [1.29, 1.82) is 0 Å². The molecule has 13 heteroatoms. The number of halogens is 8. The highest BCUT2D eigenvalue weighted by Gasteiger charge is 2.59. The molecule has 0 atom stereocenters. The minimum atomic E-state index is -5.80. The molecule has 4 nitrogen and oxygen atoms in total. The molecule has 168 valence electrons. The van der Waals surface area contributed by atoms with E-state index in [1.54, 1.807) is 6.92 Å². The first-order chi connectivity index (χ1) is 14.3. The van der Waals surface area contributed by atoms with Gasteiger partial charge < -0.3 is 4.57 Å². The number of hydrogen-bond acceptors (Lipinski definition) is 4. The van der Waals surface area contributed by atoms with Crippen molar-refractivity contribution in [2.24, 2.45) is 7.05 Å². The van der Waals surface area contributed by atoms with E-state index in [0.29, 0.717) is 24.2 Å². The van der Waals surface area contributed by atoms with Gasteiger partial charge in [-0.05, 0) is 23.4 Å². The number of rotatable bonds is 5. The number of aryl methyl sites for hydroxylation is 1. The Morgan fingerprint density at radius 3 is 2.16 bits per heavy atom. The minimum absolute atomic E-state index is 0.00426. The third-order valence-electron chi connectivity index (χ3n) is 4.40. The third kappa shape index (κ3) is 4.32. The smallest absolute Gasteiger partial charge is 0.311 e. The number of alkyl halides is 8. The third-order valence-corrected chi connectivity index (χ3v) is 5.32. The Morgan fingerprint density at radius 2 is 1.58 bits per heavy atom. The van der Waals surface area contributed by atoms with Crippen LogP contribution in [0.5, 0.6) is 0 Å². The van der Waals surface area contributed by atoms with Gasteiger partial charge in [-0.1, -0.05) is 6.92 Å². The zero-order valence-corrected chi connectivity index (χ0v) is 16.8. The molecule has 3 heterocycles. The fourth-order valence-corrected chi connectivity index (χ4v) is 3.46. The van der Waals surface area contributed by atoms with Crippen molar-refractivity contribution in [3.63, 3.8) is 0 Å². The van der Waals surface area contributed by atoms with Crippen LogP contribution < -0.4 is 0 Å². The van der Waals surface area contributed by atoms with Crippen molar-refractivity contribution in [3.05, 3.63) is 41.2 Å². The number of hydrogen-bond donors (Lipinski definition) is 0. The Kier molecular flexibility index (Phi) is 5.93. The molecule has 0 unspecified atom stereocenters.